The number of rotatable bonds is 5. The zero-order valence-electron chi connectivity index (χ0n) is 14.0. The molecule has 3 aromatic rings. The number of carbonyl (C=O) groups is 1. The molecule has 0 saturated carbocycles. The first-order valence-electron chi connectivity index (χ1n) is 8.38. The van der Waals surface area contributed by atoms with Gasteiger partial charge in [0.15, 0.2) is 0 Å². The number of hydrogen-bond acceptors (Lipinski definition) is 5. The molecule has 0 unspecified atom stereocenters. The number of nitrogens with zero attached hydrogens (tertiary/aromatic N) is 4. The van der Waals surface area contributed by atoms with Crippen molar-refractivity contribution in [2.45, 2.75) is 19.4 Å². The van der Waals surface area contributed by atoms with Crippen LogP contribution >= 0.6 is 0 Å². The molecule has 3 heterocycles. The molecule has 0 spiro atoms. The number of hydrogen-bond donors (Lipinski definition) is 1. The van der Waals surface area contributed by atoms with E-state index in [1.807, 2.05) is 24.3 Å². The number of nitrogens with one attached hydrogen (secondary N) is 1. The van der Waals surface area contributed by atoms with Crippen molar-refractivity contribution >= 4 is 28.9 Å². The number of nitro groups is 1. The molecular weight excluding hydrogens is 334 g/mol. The molecule has 26 heavy (non-hydrogen) atoms. The molecule has 0 radical (unpaired) electrons. The lowest BCUT2D eigenvalue weighted by atomic mass is 10.2. The van der Waals surface area contributed by atoms with Crippen LogP contribution in [0.3, 0.4) is 0 Å². The molecule has 1 N–H and O–H groups in total. The second kappa shape index (κ2) is 6.47. The topological polar surface area (TPSA) is 92.8 Å². The van der Waals surface area contributed by atoms with Crippen molar-refractivity contribution in [1.29, 1.82) is 0 Å². The summed E-state index contributed by atoms with van der Waals surface area (Å²) in [6.45, 7) is 1.16. The maximum absolute atomic E-state index is 11.8. The Morgan fingerprint density at radius 1 is 1.19 bits per heavy atom. The molecule has 4 rings (SSSR count). The molecule has 1 fully saturated rings. The number of anilines is 2. The van der Waals surface area contributed by atoms with Gasteiger partial charge in [-0.3, -0.25) is 4.79 Å². The molecule has 132 valence electrons. The predicted molar refractivity (Wildman–Crippen MR) is 97.2 cm³/mol. The minimum atomic E-state index is -0.440. The van der Waals surface area contributed by atoms with Gasteiger partial charge in [-0.15, -0.1) is 0 Å². The molecule has 1 aliphatic rings. The quantitative estimate of drug-likeness (QED) is 0.563. The number of aromatic nitrogens is 2. The summed E-state index contributed by atoms with van der Waals surface area (Å²) in [6, 6.07) is 12.9. The molecule has 1 saturated heterocycles. The summed E-state index contributed by atoms with van der Waals surface area (Å²) in [5.41, 5.74) is 2.35. The lowest BCUT2D eigenvalue weighted by Gasteiger charge is -2.16. The zero-order valence-corrected chi connectivity index (χ0v) is 14.0. The highest BCUT2D eigenvalue weighted by atomic mass is 16.6. The Bertz CT molecular complexity index is 980. The van der Waals surface area contributed by atoms with Crippen molar-refractivity contribution in [3.05, 3.63) is 64.3 Å². The van der Waals surface area contributed by atoms with Gasteiger partial charge in [0, 0.05) is 31.3 Å². The van der Waals surface area contributed by atoms with Crippen molar-refractivity contribution < 1.29 is 9.72 Å². The van der Waals surface area contributed by atoms with Crippen molar-refractivity contribution in [1.82, 2.24) is 9.38 Å². The van der Waals surface area contributed by atoms with Gasteiger partial charge in [0.2, 0.25) is 17.4 Å². The normalized spacial score (nSPS) is 14.2. The Morgan fingerprint density at radius 3 is 2.69 bits per heavy atom. The number of imidazole rings is 1. The molecule has 0 atom stereocenters. The van der Waals surface area contributed by atoms with Crippen LogP contribution in [0.1, 0.15) is 18.4 Å². The standard InChI is InChI=1S/C18H17N5O3/c24-16-5-3-11-21(16)14-8-6-13(7-9-14)12-19-17-18(23(25)26)22-10-2-1-4-15(22)20-17/h1-2,4,6-10,19H,3,5,11-12H2. The van der Waals surface area contributed by atoms with E-state index >= 15 is 0 Å². The number of carbonyl (C=O) groups excluding carboxylic acids is 1. The Kier molecular flexibility index (Phi) is 4.00. The van der Waals surface area contributed by atoms with E-state index < -0.39 is 4.92 Å². The van der Waals surface area contributed by atoms with Gasteiger partial charge in [0.25, 0.3) is 0 Å². The number of fused-ring (bicyclic) bond motifs is 1. The first-order valence-corrected chi connectivity index (χ1v) is 8.38. The Labute approximate surface area is 149 Å². The van der Waals surface area contributed by atoms with Crippen molar-refractivity contribution in [2.75, 3.05) is 16.8 Å². The number of amides is 1. The van der Waals surface area contributed by atoms with Gasteiger partial charge in [0.1, 0.15) is 0 Å². The first-order chi connectivity index (χ1) is 12.6. The van der Waals surface area contributed by atoms with E-state index in [4.69, 9.17) is 0 Å². The highest BCUT2D eigenvalue weighted by Gasteiger charge is 2.23. The summed E-state index contributed by atoms with van der Waals surface area (Å²) < 4.78 is 1.45. The molecule has 1 aromatic carbocycles. The highest BCUT2D eigenvalue weighted by Crippen LogP contribution is 2.26. The Morgan fingerprint density at radius 2 is 2.00 bits per heavy atom. The summed E-state index contributed by atoms with van der Waals surface area (Å²) in [7, 11) is 0. The van der Waals surface area contributed by atoms with Gasteiger partial charge in [-0.25, -0.2) is 0 Å². The van der Waals surface area contributed by atoms with Crippen LogP contribution in [-0.2, 0) is 11.3 Å². The fourth-order valence-corrected chi connectivity index (χ4v) is 3.18. The van der Waals surface area contributed by atoms with Crippen molar-refractivity contribution in [3.63, 3.8) is 0 Å². The second-order valence-corrected chi connectivity index (χ2v) is 6.14. The Hall–Kier alpha value is -3.42. The average molecular weight is 351 g/mol. The Balaban J connectivity index is 1.52. The lowest BCUT2D eigenvalue weighted by Crippen LogP contribution is -2.23. The third-order valence-electron chi connectivity index (χ3n) is 4.46. The maximum atomic E-state index is 11.8. The van der Waals surface area contributed by atoms with Crippen LogP contribution in [0.5, 0.6) is 0 Å². The maximum Gasteiger partial charge on any atom is 0.372 e. The van der Waals surface area contributed by atoms with E-state index in [1.165, 1.54) is 4.40 Å². The number of benzene rings is 1. The first kappa shape index (κ1) is 16.1. The van der Waals surface area contributed by atoms with E-state index in [0.29, 0.717) is 18.6 Å². The van der Waals surface area contributed by atoms with Crippen molar-refractivity contribution in [3.8, 4) is 0 Å². The minimum Gasteiger partial charge on any atom is -0.359 e. The van der Waals surface area contributed by atoms with Crippen LogP contribution in [0.2, 0.25) is 0 Å². The second-order valence-electron chi connectivity index (χ2n) is 6.14. The summed E-state index contributed by atoms with van der Waals surface area (Å²) in [5.74, 6) is 0.302. The van der Waals surface area contributed by atoms with Gasteiger partial charge in [0.05, 0.1) is 6.20 Å². The van der Waals surface area contributed by atoms with Crippen LogP contribution < -0.4 is 10.2 Å². The summed E-state index contributed by atoms with van der Waals surface area (Å²) in [6.07, 6.45) is 3.11. The molecule has 0 bridgehead atoms. The van der Waals surface area contributed by atoms with Gasteiger partial charge >= 0.3 is 5.82 Å². The number of pyridine rings is 1. The van der Waals surface area contributed by atoms with E-state index in [-0.39, 0.29) is 17.5 Å². The predicted octanol–water partition coefficient (Wildman–Crippen LogP) is 2.98. The van der Waals surface area contributed by atoms with E-state index in [9.17, 15) is 14.9 Å². The van der Waals surface area contributed by atoms with Crippen LogP contribution in [0.4, 0.5) is 17.3 Å². The third kappa shape index (κ3) is 2.85. The molecule has 0 aliphatic carbocycles. The monoisotopic (exact) mass is 351 g/mol. The minimum absolute atomic E-state index is 0.0834. The van der Waals surface area contributed by atoms with Crippen LogP contribution in [0.25, 0.3) is 5.65 Å². The average Bonchev–Trinajstić information content (AvgIpc) is 3.23. The third-order valence-corrected chi connectivity index (χ3v) is 4.46. The van der Waals surface area contributed by atoms with E-state index in [1.54, 1.807) is 29.3 Å². The van der Waals surface area contributed by atoms with Gasteiger partial charge in [-0.1, -0.05) is 18.2 Å². The highest BCUT2D eigenvalue weighted by molar-refractivity contribution is 5.95. The van der Waals surface area contributed by atoms with E-state index in [2.05, 4.69) is 10.3 Å². The molecule has 1 aliphatic heterocycles. The lowest BCUT2D eigenvalue weighted by molar-refractivity contribution is -0.389. The van der Waals surface area contributed by atoms with Gasteiger partial charge in [-0.2, -0.15) is 9.38 Å². The van der Waals surface area contributed by atoms with E-state index in [0.717, 1.165) is 24.2 Å². The molecule has 8 heteroatoms. The molecule has 2 aromatic heterocycles. The molecule has 1 amide bonds. The summed E-state index contributed by atoms with van der Waals surface area (Å²) >= 11 is 0. The molecule has 8 nitrogen and oxygen atoms in total. The van der Waals surface area contributed by atoms with Crippen LogP contribution in [-0.4, -0.2) is 26.8 Å². The zero-order chi connectivity index (χ0) is 18.1. The molecular formula is C18H17N5O3. The SMILES string of the molecule is O=C1CCCN1c1ccc(CNc2nc3ccccn3c2[N+](=O)[O-])cc1. The summed E-state index contributed by atoms with van der Waals surface area (Å²) in [5, 5.41) is 14.4. The van der Waals surface area contributed by atoms with Gasteiger partial charge < -0.3 is 20.3 Å². The van der Waals surface area contributed by atoms with Gasteiger partial charge in [-0.05, 0) is 35.1 Å². The smallest absolute Gasteiger partial charge is 0.359 e. The van der Waals surface area contributed by atoms with Crippen molar-refractivity contribution in [2.24, 2.45) is 0 Å². The fourth-order valence-electron chi connectivity index (χ4n) is 3.18. The fraction of sp³-hybridized carbons (Fsp3) is 0.222. The summed E-state index contributed by atoms with van der Waals surface area (Å²) in [4.78, 5) is 28.8. The van der Waals surface area contributed by atoms with Crippen LogP contribution in [0.15, 0.2) is 48.7 Å². The largest absolute Gasteiger partial charge is 0.372 e. The van der Waals surface area contributed by atoms with Crippen LogP contribution in [0, 0.1) is 10.1 Å².